The summed E-state index contributed by atoms with van der Waals surface area (Å²) in [7, 11) is 0. The third-order valence-electron chi connectivity index (χ3n) is 2.75. The summed E-state index contributed by atoms with van der Waals surface area (Å²) in [5.74, 6) is -1.59. The van der Waals surface area contributed by atoms with Crippen molar-refractivity contribution in [2.24, 2.45) is 5.41 Å². The molecule has 0 unspecified atom stereocenters. The molecule has 0 aliphatic carbocycles. The Morgan fingerprint density at radius 2 is 1.89 bits per heavy atom. The summed E-state index contributed by atoms with van der Waals surface area (Å²) in [4.78, 5) is 21.6. The van der Waals surface area contributed by atoms with Crippen molar-refractivity contribution in [3.8, 4) is 0 Å². The number of carboxylic acid groups (broad SMARTS) is 1. The van der Waals surface area contributed by atoms with Crippen molar-refractivity contribution >= 4 is 11.9 Å². The SMILES string of the molecule is CC(C)(CO)[C@H](O)C(=O)NCCCCCC(=O)[O-]. The second kappa shape index (κ2) is 8.05. The zero-order valence-electron chi connectivity index (χ0n) is 10.9. The summed E-state index contributed by atoms with van der Waals surface area (Å²) in [6.45, 7) is 3.28. The van der Waals surface area contributed by atoms with Gasteiger partial charge in [0.25, 0.3) is 0 Å². The number of carboxylic acids is 1. The number of nitrogens with one attached hydrogen (secondary N) is 1. The van der Waals surface area contributed by atoms with Gasteiger partial charge in [-0.3, -0.25) is 4.79 Å². The lowest BCUT2D eigenvalue weighted by atomic mass is 9.87. The normalized spacial score (nSPS) is 13.1. The highest BCUT2D eigenvalue weighted by molar-refractivity contribution is 5.81. The predicted molar refractivity (Wildman–Crippen MR) is 63.4 cm³/mol. The van der Waals surface area contributed by atoms with Gasteiger partial charge in [-0.05, 0) is 19.3 Å². The molecular weight excluding hydrogens is 238 g/mol. The molecular formula is C12H22NO5-. The quantitative estimate of drug-likeness (QED) is 0.451. The lowest BCUT2D eigenvalue weighted by Crippen LogP contribution is -2.45. The van der Waals surface area contributed by atoms with E-state index in [1.807, 2.05) is 0 Å². The maximum atomic E-state index is 11.5. The fourth-order valence-electron chi connectivity index (χ4n) is 1.32. The van der Waals surface area contributed by atoms with Crippen LogP contribution in [0, 0.1) is 5.41 Å². The fraction of sp³-hybridized carbons (Fsp3) is 0.833. The molecule has 0 bridgehead atoms. The van der Waals surface area contributed by atoms with E-state index in [0.717, 1.165) is 0 Å². The molecule has 0 heterocycles. The summed E-state index contributed by atoms with van der Waals surface area (Å²) in [5.41, 5.74) is -0.876. The first kappa shape index (κ1) is 16.9. The van der Waals surface area contributed by atoms with E-state index in [1.165, 1.54) is 0 Å². The maximum absolute atomic E-state index is 11.5. The summed E-state index contributed by atoms with van der Waals surface area (Å²) >= 11 is 0. The molecule has 0 aromatic heterocycles. The van der Waals surface area contributed by atoms with Crippen molar-refractivity contribution in [3.05, 3.63) is 0 Å². The van der Waals surface area contributed by atoms with E-state index in [4.69, 9.17) is 5.11 Å². The third-order valence-corrected chi connectivity index (χ3v) is 2.75. The van der Waals surface area contributed by atoms with Crippen molar-refractivity contribution in [1.82, 2.24) is 5.32 Å². The van der Waals surface area contributed by atoms with Gasteiger partial charge < -0.3 is 25.4 Å². The average molecular weight is 260 g/mol. The molecule has 0 saturated carbocycles. The van der Waals surface area contributed by atoms with E-state index in [0.29, 0.717) is 25.8 Å². The van der Waals surface area contributed by atoms with E-state index >= 15 is 0 Å². The van der Waals surface area contributed by atoms with Crippen LogP contribution in [0.5, 0.6) is 0 Å². The Labute approximate surface area is 107 Å². The van der Waals surface area contributed by atoms with E-state index in [1.54, 1.807) is 13.8 Å². The molecule has 0 saturated heterocycles. The molecule has 0 aromatic carbocycles. The Morgan fingerprint density at radius 1 is 1.28 bits per heavy atom. The molecule has 0 spiro atoms. The van der Waals surface area contributed by atoms with E-state index < -0.39 is 23.4 Å². The first-order valence-corrected chi connectivity index (χ1v) is 6.07. The van der Waals surface area contributed by atoms with Crippen molar-refractivity contribution in [1.29, 1.82) is 0 Å². The van der Waals surface area contributed by atoms with Crippen molar-refractivity contribution in [3.63, 3.8) is 0 Å². The molecule has 106 valence electrons. The Bertz CT molecular complexity index is 278. The number of carbonyl (C=O) groups is 2. The van der Waals surface area contributed by atoms with E-state index in [2.05, 4.69) is 5.32 Å². The zero-order valence-corrected chi connectivity index (χ0v) is 10.9. The second-order valence-corrected chi connectivity index (χ2v) is 5.02. The van der Waals surface area contributed by atoms with Gasteiger partial charge in [0.05, 0.1) is 6.61 Å². The predicted octanol–water partition coefficient (Wildman–Crippen LogP) is -1.21. The lowest BCUT2D eigenvalue weighted by Gasteiger charge is -2.27. The monoisotopic (exact) mass is 260 g/mol. The number of unbranched alkanes of at least 4 members (excludes halogenated alkanes) is 2. The van der Waals surface area contributed by atoms with Gasteiger partial charge in [-0.25, -0.2) is 0 Å². The number of carbonyl (C=O) groups excluding carboxylic acids is 2. The molecule has 6 heteroatoms. The minimum atomic E-state index is -1.26. The van der Waals surface area contributed by atoms with Crippen molar-refractivity contribution in [2.45, 2.75) is 45.6 Å². The van der Waals surface area contributed by atoms with Gasteiger partial charge in [0.1, 0.15) is 6.10 Å². The summed E-state index contributed by atoms with van der Waals surface area (Å²) in [5, 5.41) is 31.4. The largest absolute Gasteiger partial charge is 0.550 e. The molecule has 0 radical (unpaired) electrons. The van der Waals surface area contributed by atoms with Gasteiger partial charge in [-0.1, -0.05) is 20.3 Å². The van der Waals surface area contributed by atoms with Crippen LogP contribution in [0.4, 0.5) is 0 Å². The van der Waals surface area contributed by atoms with Gasteiger partial charge in [-0.15, -0.1) is 0 Å². The van der Waals surface area contributed by atoms with Gasteiger partial charge in [0.15, 0.2) is 0 Å². The Balaban J connectivity index is 3.74. The Kier molecular flexibility index (Phi) is 7.54. The molecule has 3 N–H and O–H groups in total. The first-order valence-electron chi connectivity index (χ1n) is 6.07. The fourth-order valence-corrected chi connectivity index (χ4v) is 1.32. The van der Waals surface area contributed by atoms with Gasteiger partial charge in [0, 0.05) is 17.9 Å². The molecule has 0 aliphatic heterocycles. The number of aliphatic carboxylic acids is 1. The van der Waals surface area contributed by atoms with E-state index in [-0.39, 0.29) is 13.0 Å². The highest BCUT2D eigenvalue weighted by Gasteiger charge is 2.32. The number of hydrogen-bond donors (Lipinski definition) is 3. The number of aliphatic hydroxyl groups is 2. The number of aliphatic hydroxyl groups excluding tert-OH is 2. The second-order valence-electron chi connectivity index (χ2n) is 5.02. The Hall–Kier alpha value is -1.14. The highest BCUT2D eigenvalue weighted by Crippen LogP contribution is 2.19. The van der Waals surface area contributed by atoms with Gasteiger partial charge in [0.2, 0.25) is 5.91 Å². The molecule has 0 fully saturated rings. The van der Waals surface area contributed by atoms with Gasteiger partial charge >= 0.3 is 0 Å². The number of hydrogen-bond acceptors (Lipinski definition) is 5. The lowest BCUT2D eigenvalue weighted by molar-refractivity contribution is -0.305. The van der Waals surface area contributed by atoms with Crippen LogP contribution < -0.4 is 10.4 Å². The Morgan fingerprint density at radius 3 is 2.39 bits per heavy atom. The first-order chi connectivity index (χ1) is 8.31. The molecule has 1 amide bonds. The number of rotatable bonds is 9. The molecule has 6 nitrogen and oxygen atoms in total. The topological polar surface area (TPSA) is 110 Å². The average Bonchev–Trinajstić information content (AvgIpc) is 2.31. The van der Waals surface area contributed by atoms with Crippen LogP contribution in [0.25, 0.3) is 0 Å². The van der Waals surface area contributed by atoms with Crippen LogP contribution in [-0.4, -0.2) is 41.3 Å². The van der Waals surface area contributed by atoms with Crippen LogP contribution >= 0.6 is 0 Å². The molecule has 0 aliphatic rings. The summed E-state index contributed by atoms with van der Waals surface area (Å²) in [6, 6.07) is 0. The van der Waals surface area contributed by atoms with Crippen molar-refractivity contribution in [2.75, 3.05) is 13.2 Å². The van der Waals surface area contributed by atoms with Crippen LogP contribution in [0.2, 0.25) is 0 Å². The minimum Gasteiger partial charge on any atom is -0.550 e. The third kappa shape index (κ3) is 6.56. The minimum absolute atomic E-state index is 0.0219. The highest BCUT2D eigenvalue weighted by atomic mass is 16.4. The van der Waals surface area contributed by atoms with Crippen molar-refractivity contribution < 1.29 is 24.9 Å². The summed E-state index contributed by atoms with van der Waals surface area (Å²) in [6.07, 6.45) is 0.599. The van der Waals surface area contributed by atoms with Gasteiger partial charge in [-0.2, -0.15) is 0 Å². The van der Waals surface area contributed by atoms with E-state index in [9.17, 15) is 19.8 Å². The molecule has 18 heavy (non-hydrogen) atoms. The van der Waals surface area contributed by atoms with Crippen LogP contribution in [0.15, 0.2) is 0 Å². The molecule has 0 aromatic rings. The smallest absolute Gasteiger partial charge is 0.249 e. The standard InChI is InChI=1S/C12H23NO5/c1-12(2,8-14)10(17)11(18)13-7-5-3-4-6-9(15)16/h10,14,17H,3-8H2,1-2H3,(H,13,18)(H,15,16)/p-1/t10-/m1/s1. The van der Waals surface area contributed by atoms with Crippen LogP contribution in [0.1, 0.15) is 39.5 Å². The van der Waals surface area contributed by atoms with Crippen LogP contribution in [0.3, 0.4) is 0 Å². The van der Waals surface area contributed by atoms with Crippen LogP contribution in [-0.2, 0) is 9.59 Å². The zero-order chi connectivity index (χ0) is 14.2. The maximum Gasteiger partial charge on any atom is 0.249 e. The number of amides is 1. The molecule has 0 rings (SSSR count). The summed E-state index contributed by atoms with van der Waals surface area (Å²) < 4.78 is 0. The molecule has 1 atom stereocenters.